The number of hydrogen-bond donors (Lipinski definition) is 0. The lowest BCUT2D eigenvalue weighted by Crippen LogP contribution is -2.31. The molecule has 1 aromatic carbocycles. The first-order valence-corrected chi connectivity index (χ1v) is 7.79. The van der Waals surface area contributed by atoms with Crippen LogP contribution in [0.2, 0.25) is 0 Å². The van der Waals surface area contributed by atoms with Crippen LogP contribution in [-0.2, 0) is 21.4 Å². The van der Waals surface area contributed by atoms with Gasteiger partial charge in [0, 0.05) is 19.7 Å². The van der Waals surface area contributed by atoms with Gasteiger partial charge in [-0.1, -0.05) is 30.3 Å². The van der Waals surface area contributed by atoms with E-state index >= 15 is 0 Å². The van der Waals surface area contributed by atoms with Crippen LogP contribution in [0.3, 0.4) is 0 Å². The number of carbonyl (C=O) groups is 1. The number of carbonyl (C=O) groups excluding carboxylic acids is 1. The van der Waals surface area contributed by atoms with Crippen molar-refractivity contribution in [3.8, 4) is 11.3 Å². The van der Waals surface area contributed by atoms with Crippen molar-refractivity contribution in [2.24, 2.45) is 0 Å². The predicted octanol–water partition coefficient (Wildman–Crippen LogP) is 1.25. The van der Waals surface area contributed by atoms with Crippen molar-refractivity contribution in [2.45, 2.75) is 13.3 Å². The van der Waals surface area contributed by atoms with E-state index in [4.69, 9.17) is 0 Å². The van der Waals surface area contributed by atoms with Crippen molar-refractivity contribution in [3.05, 3.63) is 41.9 Å². The number of hydrogen-bond acceptors (Lipinski definition) is 4. The fourth-order valence-electron chi connectivity index (χ4n) is 2.09. The van der Waals surface area contributed by atoms with Crippen molar-refractivity contribution in [2.75, 3.05) is 14.1 Å². The van der Waals surface area contributed by atoms with Gasteiger partial charge in [0.2, 0.25) is 0 Å². The molecule has 0 atom stereocenters. The molecule has 6 nitrogen and oxygen atoms in total. The molecular formula is C14H17N3O3S. The van der Waals surface area contributed by atoms with Gasteiger partial charge < -0.3 is 4.79 Å². The number of aromatic nitrogens is 2. The molecule has 0 bridgehead atoms. The third-order valence-corrected chi connectivity index (χ3v) is 5.00. The van der Waals surface area contributed by atoms with Crippen LogP contribution < -0.4 is 0 Å². The number of aldehydes is 1. The van der Waals surface area contributed by atoms with Crippen LogP contribution in [0.1, 0.15) is 11.5 Å². The summed E-state index contributed by atoms with van der Waals surface area (Å²) in [6.07, 6.45) is 0.596. The Kier molecular flexibility index (Phi) is 4.24. The molecule has 21 heavy (non-hydrogen) atoms. The van der Waals surface area contributed by atoms with E-state index in [0.717, 1.165) is 13.8 Å². The molecule has 0 fully saturated rings. The molecule has 0 radical (unpaired) electrons. The van der Waals surface area contributed by atoms with Crippen molar-refractivity contribution in [1.29, 1.82) is 0 Å². The van der Waals surface area contributed by atoms with Crippen molar-refractivity contribution >= 4 is 16.5 Å². The van der Waals surface area contributed by atoms with Gasteiger partial charge in [-0.15, -0.1) is 0 Å². The molecule has 0 amide bonds. The summed E-state index contributed by atoms with van der Waals surface area (Å²) in [5.74, 6) is 0.218. The molecular weight excluding hydrogens is 290 g/mol. The van der Waals surface area contributed by atoms with Crippen LogP contribution in [0.15, 0.2) is 30.3 Å². The second-order valence-corrected chi connectivity index (χ2v) is 6.74. The van der Waals surface area contributed by atoms with Crippen LogP contribution in [0.25, 0.3) is 11.3 Å². The summed E-state index contributed by atoms with van der Waals surface area (Å²) >= 11 is 0. The van der Waals surface area contributed by atoms with Gasteiger partial charge in [0.1, 0.15) is 12.1 Å². The molecule has 2 aromatic rings. The summed E-state index contributed by atoms with van der Waals surface area (Å²) < 4.78 is 27.1. The lowest BCUT2D eigenvalue weighted by Gasteiger charge is -2.15. The standard InChI is InChI=1S/C14H17N3O3S/c1-11-14(12-7-5-4-6-8-12)15-13(9-10-18)17(11)21(19,20)16(2)3/h4-8,10H,9H2,1-3H3. The maximum Gasteiger partial charge on any atom is 0.308 e. The second-order valence-electron chi connectivity index (χ2n) is 4.75. The molecule has 1 heterocycles. The fraction of sp³-hybridized carbons (Fsp3) is 0.286. The minimum atomic E-state index is -3.72. The molecule has 0 unspecified atom stereocenters. The maximum absolute atomic E-state index is 12.4. The van der Waals surface area contributed by atoms with Crippen LogP contribution >= 0.6 is 0 Å². The van der Waals surface area contributed by atoms with E-state index in [-0.39, 0.29) is 12.2 Å². The van der Waals surface area contributed by atoms with E-state index in [0.29, 0.717) is 17.7 Å². The Morgan fingerprint density at radius 2 is 1.86 bits per heavy atom. The van der Waals surface area contributed by atoms with E-state index in [1.807, 2.05) is 30.3 Å². The molecule has 2 rings (SSSR count). The highest BCUT2D eigenvalue weighted by Crippen LogP contribution is 2.25. The van der Waals surface area contributed by atoms with Gasteiger partial charge in [0.15, 0.2) is 0 Å². The Bertz CT molecular complexity index is 749. The lowest BCUT2D eigenvalue weighted by molar-refractivity contribution is -0.107. The highest BCUT2D eigenvalue weighted by molar-refractivity contribution is 7.87. The van der Waals surface area contributed by atoms with Crippen LogP contribution in [-0.4, -0.2) is 42.1 Å². The molecule has 1 aromatic heterocycles. The smallest absolute Gasteiger partial charge is 0.303 e. The highest BCUT2D eigenvalue weighted by Gasteiger charge is 2.25. The summed E-state index contributed by atoms with van der Waals surface area (Å²) in [5, 5.41) is 0. The molecule has 0 spiro atoms. The molecule has 0 aliphatic carbocycles. The first kappa shape index (κ1) is 15.4. The van der Waals surface area contributed by atoms with Gasteiger partial charge in [-0.25, -0.2) is 8.96 Å². The van der Waals surface area contributed by atoms with Crippen LogP contribution in [0.4, 0.5) is 0 Å². The molecule has 0 saturated heterocycles. The third-order valence-electron chi connectivity index (χ3n) is 3.13. The molecule has 0 aliphatic heterocycles. The van der Waals surface area contributed by atoms with Gasteiger partial charge in [-0.3, -0.25) is 0 Å². The summed E-state index contributed by atoms with van der Waals surface area (Å²) in [5.41, 5.74) is 1.87. The van der Waals surface area contributed by atoms with E-state index in [1.54, 1.807) is 6.92 Å². The molecule has 0 saturated carbocycles. The quantitative estimate of drug-likeness (QED) is 0.780. The molecule has 0 N–H and O–H groups in total. The minimum Gasteiger partial charge on any atom is -0.303 e. The molecule has 7 heteroatoms. The maximum atomic E-state index is 12.4. The number of benzene rings is 1. The van der Waals surface area contributed by atoms with Gasteiger partial charge >= 0.3 is 10.2 Å². The van der Waals surface area contributed by atoms with Crippen molar-refractivity contribution in [1.82, 2.24) is 13.3 Å². The normalized spacial score (nSPS) is 11.8. The van der Waals surface area contributed by atoms with Gasteiger partial charge in [0.25, 0.3) is 0 Å². The summed E-state index contributed by atoms with van der Waals surface area (Å²) in [6, 6.07) is 9.29. The van der Waals surface area contributed by atoms with E-state index in [2.05, 4.69) is 4.98 Å². The fourth-order valence-corrected chi connectivity index (χ4v) is 3.23. The average molecular weight is 307 g/mol. The van der Waals surface area contributed by atoms with E-state index in [9.17, 15) is 13.2 Å². The van der Waals surface area contributed by atoms with Crippen molar-refractivity contribution in [3.63, 3.8) is 0 Å². The monoisotopic (exact) mass is 307 g/mol. The SMILES string of the molecule is Cc1c(-c2ccccc2)nc(CC=O)n1S(=O)(=O)N(C)C. The highest BCUT2D eigenvalue weighted by atomic mass is 32.2. The largest absolute Gasteiger partial charge is 0.308 e. The first-order chi connectivity index (χ1) is 9.89. The number of nitrogens with zero attached hydrogens (tertiary/aromatic N) is 3. The Balaban J connectivity index is 2.71. The Morgan fingerprint density at radius 1 is 1.24 bits per heavy atom. The summed E-state index contributed by atoms with van der Waals surface area (Å²) in [4.78, 5) is 15.2. The van der Waals surface area contributed by atoms with E-state index < -0.39 is 10.2 Å². The Labute approximate surface area is 124 Å². The average Bonchev–Trinajstić information content (AvgIpc) is 2.77. The predicted molar refractivity (Wildman–Crippen MR) is 80.2 cm³/mol. The molecule has 112 valence electrons. The minimum absolute atomic E-state index is 0.0548. The topological polar surface area (TPSA) is 72.3 Å². The molecule has 0 aliphatic rings. The Morgan fingerprint density at radius 3 is 2.38 bits per heavy atom. The number of imidazole rings is 1. The van der Waals surface area contributed by atoms with Gasteiger partial charge in [0.05, 0.1) is 17.8 Å². The van der Waals surface area contributed by atoms with E-state index in [1.165, 1.54) is 14.1 Å². The first-order valence-electron chi connectivity index (χ1n) is 6.40. The van der Waals surface area contributed by atoms with Crippen LogP contribution in [0, 0.1) is 6.92 Å². The summed E-state index contributed by atoms with van der Waals surface area (Å²) in [7, 11) is -0.827. The second kappa shape index (κ2) is 5.79. The van der Waals surface area contributed by atoms with Crippen molar-refractivity contribution < 1.29 is 13.2 Å². The zero-order valence-corrected chi connectivity index (χ0v) is 13.0. The Hall–Kier alpha value is -1.99. The van der Waals surface area contributed by atoms with Gasteiger partial charge in [-0.2, -0.15) is 12.7 Å². The zero-order chi connectivity index (χ0) is 15.6. The number of rotatable bonds is 5. The zero-order valence-electron chi connectivity index (χ0n) is 12.1. The third kappa shape index (κ3) is 2.74. The lowest BCUT2D eigenvalue weighted by atomic mass is 10.1. The summed E-state index contributed by atoms with van der Waals surface area (Å²) in [6.45, 7) is 1.69. The van der Waals surface area contributed by atoms with Gasteiger partial charge in [-0.05, 0) is 6.92 Å². The van der Waals surface area contributed by atoms with Crippen LogP contribution in [0.5, 0.6) is 0 Å².